The van der Waals surface area contributed by atoms with E-state index in [1.807, 2.05) is 17.9 Å². The van der Waals surface area contributed by atoms with Gasteiger partial charge in [0.1, 0.15) is 17.2 Å². The third-order valence-electron chi connectivity index (χ3n) is 4.48. The van der Waals surface area contributed by atoms with Gasteiger partial charge in [-0.15, -0.1) is 0 Å². The number of hydrogen-bond acceptors (Lipinski definition) is 4. The Bertz CT molecular complexity index is 987. The maximum Gasteiger partial charge on any atom is 0.242 e. The van der Waals surface area contributed by atoms with Gasteiger partial charge in [0, 0.05) is 37.6 Å². The molecule has 1 fully saturated rings. The molecule has 134 valence electrons. The molecule has 1 aromatic carbocycles. The molecule has 4 rings (SSSR count). The lowest BCUT2D eigenvalue weighted by atomic mass is 10.1. The Labute approximate surface area is 148 Å². The van der Waals surface area contributed by atoms with E-state index in [1.165, 1.54) is 4.90 Å². The summed E-state index contributed by atoms with van der Waals surface area (Å²) < 4.78 is 28.9. The Morgan fingerprint density at radius 2 is 2.04 bits per heavy atom. The molecule has 0 radical (unpaired) electrons. The van der Waals surface area contributed by atoms with Crippen LogP contribution in [0.4, 0.5) is 14.6 Å². The Kier molecular flexibility index (Phi) is 4.02. The fourth-order valence-corrected chi connectivity index (χ4v) is 3.20. The lowest BCUT2D eigenvalue weighted by molar-refractivity contribution is -0.131. The normalized spacial score (nSPS) is 15.1. The Morgan fingerprint density at radius 1 is 1.19 bits per heavy atom. The number of benzene rings is 1. The van der Waals surface area contributed by atoms with Gasteiger partial charge >= 0.3 is 0 Å². The van der Waals surface area contributed by atoms with E-state index in [2.05, 4.69) is 10.1 Å². The lowest BCUT2D eigenvalue weighted by Crippen LogP contribution is -2.50. The zero-order valence-electron chi connectivity index (χ0n) is 14.2. The van der Waals surface area contributed by atoms with E-state index in [1.54, 1.807) is 16.9 Å². The fourth-order valence-electron chi connectivity index (χ4n) is 3.20. The average Bonchev–Trinajstić information content (AvgIpc) is 3.00. The van der Waals surface area contributed by atoms with E-state index in [0.29, 0.717) is 18.9 Å². The molecule has 3 aromatic rings. The van der Waals surface area contributed by atoms with Crippen LogP contribution in [0, 0.1) is 18.6 Å². The summed E-state index contributed by atoms with van der Waals surface area (Å²) in [4.78, 5) is 20.4. The molecule has 1 amide bonds. The number of piperazine rings is 1. The number of fused-ring (bicyclic) bond motifs is 1. The second kappa shape index (κ2) is 6.36. The zero-order valence-corrected chi connectivity index (χ0v) is 14.2. The van der Waals surface area contributed by atoms with Crippen LogP contribution in [-0.4, -0.2) is 45.0 Å². The van der Waals surface area contributed by atoms with Crippen LogP contribution >= 0.6 is 0 Å². The molecule has 1 aliphatic rings. The van der Waals surface area contributed by atoms with Crippen molar-refractivity contribution in [2.75, 3.05) is 24.5 Å². The second-order valence-electron chi connectivity index (χ2n) is 6.34. The maximum absolute atomic E-state index is 13.8. The molecule has 0 bridgehead atoms. The van der Waals surface area contributed by atoms with Crippen molar-refractivity contribution < 1.29 is 13.6 Å². The molecule has 0 N–H and O–H groups in total. The van der Waals surface area contributed by atoms with Crippen LogP contribution < -0.4 is 4.90 Å². The van der Waals surface area contributed by atoms with Crippen LogP contribution in [-0.2, 0) is 11.3 Å². The first-order valence-electron chi connectivity index (χ1n) is 8.29. The van der Waals surface area contributed by atoms with Crippen LogP contribution in [0.5, 0.6) is 0 Å². The number of amides is 1. The summed E-state index contributed by atoms with van der Waals surface area (Å²) in [6, 6.07) is 5.20. The van der Waals surface area contributed by atoms with Gasteiger partial charge in [-0.25, -0.2) is 18.3 Å². The van der Waals surface area contributed by atoms with Gasteiger partial charge in [0.05, 0.1) is 12.2 Å². The summed E-state index contributed by atoms with van der Waals surface area (Å²) in [5.74, 6) is -0.486. The van der Waals surface area contributed by atoms with Crippen LogP contribution in [0.2, 0.25) is 0 Å². The monoisotopic (exact) mass is 357 g/mol. The van der Waals surface area contributed by atoms with Gasteiger partial charge in [0.15, 0.2) is 5.82 Å². The average molecular weight is 357 g/mol. The minimum absolute atomic E-state index is 0.0552. The minimum atomic E-state index is -0.514. The number of rotatable bonds is 3. The predicted molar refractivity (Wildman–Crippen MR) is 91.7 cm³/mol. The highest BCUT2D eigenvalue weighted by molar-refractivity contribution is 5.84. The van der Waals surface area contributed by atoms with Crippen molar-refractivity contribution in [2.45, 2.75) is 13.5 Å². The molecule has 0 aliphatic carbocycles. The van der Waals surface area contributed by atoms with E-state index in [4.69, 9.17) is 0 Å². The van der Waals surface area contributed by atoms with E-state index in [0.717, 1.165) is 29.4 Å². The summed E-state index contributed by atoms with van der Waals surface area (Å²) in [6.45, 7) is 3.05. The van der Waals surface area contributed by atoms with Gasteiger partial charge in [0.25, 0.3) is 0 Å². The van der Waals surface area contributed by atoms with Crippen molar-refractivity contribution in [1.82, 2.24) is 19.5 Å². The first kappa shape index (κ1) is 16.4. The lowest BCUT2D eigenvalue weighted by Gasteiger charge is -2.35. The molecule has 1 aliphatic heterocycles. The van der Waals surface area contributed by atoms with Crippen molar-refractivity contribution in [3.8, 4) is 0 Å². The molecular formula is C18H17F2N5O. The van der Waals surface area contributed by atoms with Gasteiger partial charge in [-0.05, 0) is 31.2 Å². The van der Waals surface area contributed by atoms with Crippen molar-refractivity contribution in [3.63, 3.8) is 0 Å². The highest BCUT2D eigenvalue weighted by Crippen LogP contribution is 2.22. The van der Waals surface area contributed by atoms with Crippen LogP contribution in [0.3, 0.4) is 0 Å². The summed E-state index contributed by atoms with van der Waals surface area (Å²) in [5, 5.41) is 4.35. The Balaban J connectivity index is 1.53. The van der Waals surface area contributed by atoms with Crippen molar-refractivity contribution in [1.29, 1.82) is 0 Å². The highest BCUT2D eigenvalue weighted by atomic mass is 19.1. The van der Waals surface area contributed by atoms with Crippen LogP contribution in [0.15, 0.2) is 36.7 Å². The molecule has 3 heterocycles. The summed E-state index contributed by atoms with van der Waals surface area (Å²) >= 11 is 0. The largest absolute Gasteiger partial charge is 0.344 e. The van der Waals surface area contributed by atoms with Gasteiger partial charge in [-0.2, -0.15) is 5.10 Å². The van der Waals surface area contributed by atoms with Crippen LogP contribution in [0.1, 0.15) is 11.3 Å². The number of anilines is 1. The predicted octanol–water partition coefficient (Wildman–Crippen LogP) is 2.16. The van der Waals surface area contributed by atoms with Crippen molar-refractivity contribution in [2.24, 2.45) is 0 Å². The number of halogens is 2. The number of aromatic nitrogens is 3. The number of carbonyl (C=O) groups is 1. The van der Waals surface area contributed by atoms with E-state index >= 15 is 0 Å². The molecule has 2 aromatic heterocycles. The third kappa shape index (κ3) is 2.98. The molecule has 6 nitrogen and oxygen atoms in total. The van der Waals surface area contributed by atoms with Gasteiger partial charge in [0.2, 0.25) is 5.91 Å². The first-order chi connectivity index (χ1) is 12.5. The molecule has 8 heteroatoms. The zero-order chi connectivity index (χ0) is 18.3. The number of hydrogen-bond donors (Lipinski definition) is 0. The summed E-state index contributed by atoms with van der Waals surface area (Å²) in [6.07, 6.45) is 3.41. The quantitative estimate of drug-likeness (QED) is 0.721. The number of aryl methyl sites for hydroxylation is 1. The summed E-state index contributed by atoms with van der Waals surface area (Å²) in [7, 11) is 0. The fraction of sp³-hybridized carbons (Fsp3) is 0.278. The highest BCUT2D eigenvalue weighted by Gasteiger charge is 2.27. The molecule has 1 saturated heterocycles. The molecule has 26 heavy (non-hydrogen) atoms. The van der Waals surface area contributed by atoms with Gasteiger partial charge in [-0.3, -0.25) is 4.79 Å². The minimum Gasteiger partial charge on any atom is -0.344 e. The van der Waals surface area contributed by atoms with Crippen LogP contribution in [0.25, 0.3) is 5.52 Å². The van der Waals surface area contributed by atoms with E-state index in [9.17, 15) is 13.6 Å². The van der Waals surface area contributed by atoms with Gasteiger partial charge < -0.3 is 9.80 Å². The molecule has 0 saturated carbocycles. The molecule has 0 spiro atoms. The molecule has 0 unspecified atom stereocenters. The number of carbonyl (C=O) groups excluding carboxylic acids is 1. The molecule has 0 atom stereocenters. The first-order valence-corrected chi connectivity index (χ1v) is 8.29. The summed E-state index contributed by atoms with van der Waals surface area (Å²) in [5.41, 5.74) is 1.88. The Morgan fingerprint density at radius 3 is 2.85 bits per heavy atom. The standard InChI is InChI=1S/C18H17F2N5O/c1-12-8-16-18(21-4-5-25(16)22-12)24-7-6-23(17(26)11-24)10-13-9-14(19)2-3-15(13)20/h2-5,8-9H,6-7,10-11H2,1H3. The van der Waals surface area contributed by atoms with E-state index < -0.39 is 11.6 Å². The van der Waals surface area contributed by atoms with E-state index in [-0.39, 0.29) is 24.6 Å². The SMILES string of the molecule is Cc1cc2c(N3CCN(Cc4cc(F)ccc4F)C(=O)C3)nccn2n1. The van der Waals surface area contributed by atoms with Gasteiger partial charge in [-0.1, -0.05) is 0 Å². The third-order valence-corrected chi connectivity index (χ3v) is 4.48. The topological polar surface area (TPSA) is 53.7 Å². The second-order valence-corrected chi connectivity index (χ2v) is 6.34. The smallest absolute Gasteiger partial charge is 0.242 e. The van der Waals surface area contributed by atoms with Crippen molar-refractivity contribution >= 4 is 17.2 Å². The Hall–Kier alpha value is -3.03. The number of nitrogens with zero attached hydrogens (tertiary/aromatic N) is 5. The maximum atomic E-state index is 13.8. The molecular weight excluding hydrogens is 340 g/mol. The van der Waals surface area contributed by atoms with Crippen molar-refractivity contribution in [3.05, 3.63) is 59.6 Å².